The fraction of sp³-hybridized carbons (Fsp3) is 0.0769. The van der Waals surface area contributed by atoms with Crippen LogP contribution in [-0.2, 0) is 12.4 Å². The number of rotatable bonds is 4. The Bertz CT molecular complexity index is 717. The van der Waals surface area contributed by atoms with Crippen LogP contribution in [0.4, 0.5) is 5.69 Å². The molecular weight excluding hydrogens is 389 g/mol. The van der Waals surface area contributed by atoms with Crippen molar-refractivity contribution in [3.63, 3.8) is 0 Å². The van der Waals surface area contributed by atoms with E-state index >= 15 is 0 Å². The first-order chi connectivity index (χ1) is 10.8. The van der Waals surface area contributed by atoms with Crippen molar-refractivity contribution in [2.45, 2.75) is 6.92 Å². The van der Waals surface area contributed by atoms with Crippen molar-refractivity contribution < 1.29 is 31.7 Å². The van der Waals surface area contributed by atoms with Crippen molar-refractivity contribution in [3.8, 4) is 0 Å². The molecule has 1 amide bonds. The zero-order chi connectivity index (χ0) is 17.5. The molecular formula is C13H14AsNO7S. The summed E-state index contributed by atoms with van der Waals surface area (Å²) >= 11 is -3.54. The molecule has 8 nitrogen and oxygen atoms in total. The second-order valence-corrected chi connectivity index (χ2v) is 8.43. The van der Waals surface area contributed by atoms with Gasteiger partial charge in [-0.15, -0.1) is 0 Å². The van der Waals surface area contributed by atoms with Crippen LogP contribution >= 0.6 is 11.3 Å². The van der Waals surface area contributed by atoms with Crippen LogP contribution in [0.15, 0.2) is 41.1 Å². The fourth-order valence-electron chi connectivity index (χ4n) is 1.45. The Hall–Kier alpha value is -1.90. The van der Waals surface area contributed by atoms with E-state index in [9.17, 15) is 17.4 Å². The molecule has 1 unspecified atom stereocenters. The molecule has 2 aromatic rings. The summed E-state index contributed by atoms with van der Waals surface area (Å²) in [7, 11) is 0. The van der Waals surface area contributed by atoms with Gasteiger partial charge in [-0.2, -0.15) is 11.3 Å². The molecule has 0 aliphatic heterocycles. The molecule has 0 aliphatic carbocycles. The van der Waals surface area contributed by atoms with Gasteiger partial charge in [0.1, 0.15) is 0 Å². The van der Waals surface area contributed by atoms with Crippen molar-refractivity contribution in [2.24, 2.45) is 0 Å². The van der Waals surface area contributed by atoms with E-state index in [1.807, 2.05) is 0 Å². The van der Waals surface area contributed by atoms with Gasteiger partial charge in [0.2, 0.25) is 0 Å². The van der Waals surface area contributed by atoms with Gasteiger partial charge in [0.25, 0.3) is 0 Å². The number of thiophene rings is 1. The Balaban J connectivity index is 0.000000277. The summed E-state index contributed by atoms with van der Waals surface area (Å²) in [6, 6.07) is 7.42. The molecule has 23 heavy (non-hydrogen) atoms. The van der Waals surface area contributed by atoms with Gasteiger partial charge in [0, 0.05) is 5.38 Å². The quantitative estimate of drug-likeness (QED) is 0.342. The summed E-state index contributed by atoms with van der Waals surface area (Å²) in [6.07, 6.45) is 0. The van der Waals surface area contributed by atoms with E-state index in [2.05, 4.69) is 9.19 Å². The van der Waals surface area contributed by atoms with Crippen LogP contribution in [0.1, 0.15) is 17.3 Å². The van der Waals surface area contributed by atoms with Crippen LogP contribution in [-0.4, -0.2) is 40.5 Å². The molecule has 0 aliphatic rings. The third-order valence-electron chi connectivity index (χ3n) is 2.40. The number of carboxylic acid groups (broad SMARTS) is 1. The summed E-state index contributed by atoms with van der Waals surface area (Å²) in [5.41, 5.74) is 0.527. The Labute approximate surface area is 138 Å². The molecule has 0 saturated carbocycles. The Morgan fingerprint density at radius 2 is 1.91 bits per heavy atom. The van der Waals surface area contributed by atoms with Crippen molar-refractivity contribution in [3.05, 3.63) is 46.7 Å². The molecule has 1 atom stereocenters. The number of hydrogen-bond acceptors (Lipinski definition) is 6. The molecule has 0 fully saturated rings. The average molecular weight is 403 g/mol. The predicted octanol–water partition coefficient (Wildman–Crippen LogP) is 1.15. The monoisotopic (exact) mass is 403 g/mol. The maximum Gasteiger partial charge on any atom is 0.336 e. The third-order valence-corrected chi connectivity index (χ3v) is 5.64. The van der Waals surface area contributed by atoms with Crippen LogP contribution in [0.2, 0.25) is 0 Å². The Morgan fingerprint density at radius 3 is 2.35 bits per heavy atom. The summed E-state index contributed by atoms with van der Waals surface area (Å²) in [5.74, 6) is -1.23. The number of carbonyl (C=O) groups excluding carboxylic acids is 1. The fourth-order valence-corrected chi connectivity index (χ4v) is 3.75. The van der Waals surface area contributed by atoms with Crippen molar-refractivity contribution in [1.29, 1.82) is 0 Å². The van der Waals surface area contributed by atoms with Gasteiger partial charge in [-0.05, 0) is 11.4 Å². The Kier molecular flexibility index (Phi) is 7.21. The topological polar surface area (TPSA) is 133 Å². The predicted molar refractivity (Wildman–Crippen MR) is 84.0 cm³/mol. The molecule has 2 rings (SSSR count). The van der Waals surface area contributed by atoms with E-state index in [4.69, 9.17) is 10.4 Å². The minimum absolute atomic E-state index is 0.103. The van der Waals surface area contributed by atoms with E-state index < -0.39 is 20.1 Å². The molecule has 0 saturated heterocycles. The molecule has 4 N–H and O–H groups in total. The van der Waals surface area contributed by atoms with E-state index in [1.165, 1.54) is 36.5 Å². The number of nitrogens with one attached hydrogen (secondary N) is 1. The van der Waals surface area contributed by atoms with E-state index in [0.717, 1.165) is 0 Å². The number of para-hydroxylation sites is 1. The maximum atomic E-state index is 11.4. The summed E-state index contributed by atoms with van der Waals surface area (Å²) < 4.78 is 24.1. The molecule has 0 radical (unpaired) electrons. The molecule has 1 heterocycles. The number of carbonyl (C=O) groups is 2. The molecule has 0 spiro atoms. The standard InChI is InChI=1S/C8H10AsNO5.C5H4O2S/c1-6(11)10-8-5-3-2-4-7(8)9(12,13)15-14;6-5(7)4-1-2-8-3-4/h2-5,14H,1H3,(H,10,11)(H,12,13);1-3H,(H,6,7). The van der Waals surface area contributed by atoms with Crippen molar-refractivity contribution >= 4 is 47.4 Å². The molecule has 1 aromatic heterocycles. The van der Waals surface area contributed by atoms with Crippen molar-refractivity contribution in [2.75, 3.05) is 5.32 Å². The van der Waals surface area contributed by atoms with Gasteiger partial charge >= 0.3 is 94.4 Å². The number of amides is 1. The van der Waals surface area contributed by atoms with Gasteiger partial charge in [-0.1, -0.05) is 0 Å². The SMILES string of the molecule is CC(=O)Nc1ccccc1[As](=O)(O)OO.O=C(O)c1ccsc1. The minimum atomic E-state index is -4.92. The summed E-state index contributed by atoms with van der Waals surface area (Å²) in [5, 5.41) is 22.3. The number of carboxylic acids is 1. The van der Waals surface area contributed by atoms with Crippen LogP contribution in [0, 0.1) is 0 Å². The number of hydrogen-bond donors (Lipinski definition) is 4. The summed E-state index contributed by atoms with van der Waals surface area (Å²) in [6.45, 7) is 1.27. The van der Waals surface area contributed by atoms with Crippen LogP contribution in [0.5, 0.6) is 0 Å². The molecule has 0 bridgehead atoms. The van der Waals surface area contributed by atoms with Gasteiger partial charge in [-0.25, -0.2) is 4.79 Å². The first kappa shape index (κ1) is 19.1. The van der Waals surface area contributed by atoms with Crippen molar-refractivity contribution in [1.82, 2.24) is 0 Å². The maximum absolute atomic E-state index is 11.4. The number of benzene rings is 1. The van der Waals surface area contributed by atoms with Crippen LogP contribution < -0.4 is 9.67 Å². The Morgan fingerprint density at radius 1 is 1.26 bits per heavy atom. The zero-order valence-corrected chi connectivity index (χ0v) is 14.6. The normalized spacial score (nSPS) is 12.5. The van der Waals surface area contributed by atoms with Crippen LogP contribution in [0.25, 0.3) is 0 Å². The first-order valence-corrected chi connectivity index (χ1v) is 10.3. The van der Waals surface area contributed by atoms with Gasteiger partial charge in [0.05, 0.1) is 5.56 Å². The molecule has 124 valence electrons. The zero-order valence-electron chi connectivity index (χ0n) is 11.9. The molecule has 10 heteroatoms. The first-order valence-electron chi connectivity index (χ1n) is 6.06. The molecule has 1 aromatic carbocycles. The van der Waals surface area contributed by atoms with E-state index in [0.29, 0.717) is 5.56 Å². The van der Waals surface area contributed by atoms with Crippen LogP contribution in [0.3, 0.4) is 0 Å². The van der Waals surface area contributed by atoms with E-state index in [1.54, 1.807) is 22.9 Å². The largest absolute Gasteiger partial charge is 0.478 e. The number of aromatic carboxylic acids is 1. The minimum Gasteiger partial charge on any atom is -0.478 e. The van der Waals surface area contributed by atoms with Gasteiger partial charge in [0.15, 0.2) is 0 Å². The average Bonchev–Trinajstić information content (AvgIpc) is 3.02. The van der Waals surface area contributed by atoms with Gasteiger partial charge in [-0.3, -0.25) is 0 Å². The smallest absolute Gasteiger partial charge is 0.336 e. The van der Waals surface area contributed by atoms with Gasteiger partial charge < -0.3 is 5.11 Å². The second-order valence-electron chi connectivity index (χ2n) is 4.12. The second kappa shape index (κ2) is 8.66. The van der Waals surface area contributed by atoms with E-state index in [-0.39, 0.29) is 15.9 Å². The summed E-state index contributed by atoms with van der Waals surface area (Å²) in [4.78, 5) is 20.9. The number of anilines is 1. The third kappa shape index (κ3) is 6.01.